The average molecular weight is 368 g/mol. The van der Waals surface area contributed by atoms with Crippen LogP contribution in [0.15, 0.2) is 36.4 Å². The van der Waals surface area contributed by atoms with Crippen molar-refractivity contribution < 1.29 is 4.74 Å². The summed E-state index contributed by atoms with van der Waals surface area (Å²) >= 11 is 2.26. The fourth-order valence-corrected chi connectivity index (χ4v) is 2.21. The number of nitrogens with two attached hydrogens (primary N) is 1. The minimum absolute atomic E-state index is 0.352. The van der Waals surface area contributed by atoms with Gasteiger partial charge in [0.15, 0.2) is 0 Å². The topological polar surface area (TPSA) is 48.1 Å². The second-order valence-electron chi connectivity index (χ2n) is 4.66. The molecule has 0 spiro atoms. The Labute approximate surface area is 127 Å². The van der Waals surface area contributed by atoms with Gasteiger partial charge < -0.3 is 10.5 Å². The largest absolute Gasteiger partial charge is 0.439 e. The lowest BCUT2D eigenvalue weighted by Crippen LogP contribution is -2.02. The van der Waals surface area contributed by atoms with Gasteiger partial charge in [0.1, 0.15) is 5.75 Å². The summed E-state index contributed by atoms with van der Waals surface area (Å²) < 4.78 is 6.95. The fraction of sp³-hybridized carbons (Fsp3) is 0.267. The molecule has 0 radical (unpaired) electrons. The molecule has 1 aromatic heterocycles. The average Bonchev–Trinajstić information content (AvgIpc) is 2.38. The molecule has 0 saturated heterocycles. The van der Waals surface area contributed by atoms with Crippen LogP contribution >= 0.6 is 22.6 Å². The van der Waals surface area contributed by atoms with Gasteiger partial charge in [-0.05, 0) is 58.3 Å². The highest BCUT2D eigenvalue weighted by Crippen LogP contribution is 2.24. The van der Waals surface area contributed by atoms with Crippen LogP contribution in [-0.4, -0.2) is 4.98 Å². The second kappa shape index (κ2) is 6.34. The van der Waals surface area contributed by atoms with Gasteiger partial charge in [0, 0.05) is 21.9 Å². The molecule has 0 fully saturated rings. The van der Waals surface area contributed by atoms with Gasteiger partial charge in [-0.15, -0.1) is 0 Å². The lowest BCUT2D eigenvalue weighted by Gasteiger charge is -2.11. The molecule has 3 nitrogen and oxygen atoms in total. The summed E-state index contributed by atoms with van der Waals surface area (Å²) in [4.78, 5) is 4.53. The molecule has 0 unspecified atom stereocenters. The smallest absolute Gasteiger partial charge is 0.219 e. The summed E-state index contributed by atoms with van der Waals surface area (Å²) in [7, 11) is 0. The molecule has 1 aromatic carbocycles. The Bertz CT molecular complexity index is 570. The Morgan fingerprint density at radius 3 is 2.68 bits per heavy atom. The number of rotatable bonds is 4. The Hall–Kier alpha value is -1.14. The lowest BCUT2D eigenvalue weighted by atomic mass is 10.1. The molecule has 100 valence electrons. The number of hydrogen-bond donors (Lipinski definition) is 1. The summed E-state index contributed by atoms with van der Waals surface area (Å²) in [6, 6.07) is 11.8. The normalized spacial score (nSPS) is 10.8. The van der Waals surface area contributed by atoms with Gasteiger partial charge in [0.25, 0.3) is 0 Å². The Morgan fingerprint density at radius 2 is 2.05 bits per heavy atom. The molecular weight excluding hydrogens is 351 g/mol. The Morgan fingerprint density at radius 1 is 1.26 bits per heavy atom. The van der Waals surface area contributed by atoms with E-state index in [0.717, 1.165) is 20.6 Å². The number of hydrogen-bond acceptors (Lipinski definition) is 3. The zero-order chi connectivity index (χ0) is 13.8. The van der Waals surface area contributed by atoms with Gasteiger partial charge in [-0.25, -0.2) is 4.98 Å². The zero-order valence-electron chi connectivity index (χ0n) is 11.1. The number of pyridine rings is 1. The molecule has 4 heteroatoms. The zero-order valence-corrected chi connectivity index (χ0v) is 13.2. The molecule has 2 aromatic rings. The predicted molar refractivity (Wildman–Crippen MR) is 85.5 cm³/mol. The third kappa shape index (κ3) is 3.91. The first-order valence-electron chi connectivity index (χ1n) is 6.23. The van der Waals surface area contributed by atoms with Gasteiger partial charge in [-0.2, -0.15) is 0 Å². The Kier molecular flexibility index (Phi) is 4.76. The highest BCUT2D eigenvalue weighted by molar-refractivity contribution is 14.1. The van der Waals surface area contributed by atoms with E-state index in [1.54, 1.807) is 0 Å². The number of ether oxygens (including phenoxy) is 1. The molecule has 2 rings (SSSR count). The number of halogens is 1. The highest BCUT2D eigenvalue weighted by atomic mass is 127. The molecule has 0 aliphatic heterocycles. The summed E-state index contributed by atoms with van der Waals surface area (Å²) in [6.07, 6.45) is 0. The summed E-state index contributed by atoms with van der Waals surface area (Å²) in [6.45, 7) is 4.71. The van der Waals surface area contributed by atoms with Crippen molar-refractivity contribution in [2.45, 2.75) is 26.3 Å². The van der Waals surface area contributed by atoms with Gasteiger partial charge in [-0.3, -0.25) is 0 Å². The third-order valence-electron chi connectivity index (χ3n) is 2.73. The third-order valence-corrected chi connectivity index (χ3v) is 3.40. The van der Waals surface area contributed by atoms with Crippen LogP contribution in [0.1, 0.15) is 31.0 Å². The first-order chi connectivity index (χ1) is 9.08. The van der Waals surface area contributed by atoms with Crippen molar-refractivity contribution in [2.24, 2.45) is 5.73 Å². The van der Waals surface area contributed by atoms with E-state index in [1.165, 1.54) is 0 Å². The van der Waals surface area contributed by atoms with Crippen LogP contribution in [-0.2, 0) is 6.54 Å². The quantitative estimate of drug-likeness (QED) is 0.828. The van der Waals surface area contributed by atoms with Crippen molar-refractivity contribution >= 4 is 22.6 Å². The van der Waals surface area contributed by atoms with Crippen LogP contribution in [0.4, 0.5) is 0 Å². The summed E-state index contributed by atoms with van der Waals surface area (Å²) in [5.74, 6) is 1.75. The van der Waals surface area contributed by atoms with Crippen molar-refractivity contribution in [2.75, 3.05) is 0 Å². The van der Waals surface area contributed by atoms with E-state index in [2.05, 4.69) is 41.4 Å². The maximum Gasteiger partial charge on any atom is 0.219 e. The van der Waals surface area contributed by atoms with Crippen LogP contribution in [0.2, 0.25) is 0 Å². The number of benzene rings is 1. The van der Waals surface area contributed by atoms with Crippen LogP contribution in [0.25, 0.3) is 0 Å². The molecule has 0 aliphatic carbocycles. The van der Waals surface area contributed by atoms with Crippen LogP contribution in [0.5, 0.6) is 11.6 Å². The fourth-order valence-electron chi connectivity index (χ4n) is 1.70. The van der Waals surface area contributed by atoms with E-state index in [-0.39, 0.29) is 0 Å². The lowest BCUT2D eigenvalue weighted by molar-refractivity contribution is 0.458. The predicted octanol–water partition coefficient (Wildman–Crippen LogP) is 4.06. The van der Waals surface area contributed by atoms with E-state index in [1.807, 2.05) is 36.4 Å². The van der Waals surface area contributed by atoms with Gasteiger partial charge in [-0.1, -0.05) is 19.9 Å². The van der Waals surface area contributed by atoms with Gasteiger partial charge >= 0.3 is 0 Å². The van der Waals surface area contributed by atoms with E-state index in [9.17, 15) is 0 Å². The standard InChI is InChI=1S/C15H17IN2O/c1-10(2)14-6-11(9-17)7-15(18-14)19-13-5-3-4-12(16)8-13/h3-8,10H,9,17H2,1-2H3. The molecule has 0 amide bonds. The van der Waals surface area contributed by atoms with Crippen LogP contribution in [0.3, 0.4) is 0 Å². The van der Waals surface area contributed by atoms with Gasteiger partial charge in [0.05, 0.1) is 0 Å². The SMILES string of the molecule is CC(C)c1cc(CN)cc(Oc2cccc(I)c2)n1. The van der Waals surface area contributed by atoms with Crippen molar-refractivity contribution in [3.05, 3.63) is 51.2 Å². The first-order valence-corrected chi connectivity index (χ1v) is 7.30. The molecule has 2 N–H and O–H groups in total. The maximum absolute atomic E-state index is 5.82. The van der Waals surface area contributed by atoms with E-state index < -0.39 is 0 Å². The highest BCUT2D eigenvalue weighted by Gasteiger charge is 2.07. The van der Waals surface area contributed by atoms with Crippen molar-refractivity contribution in [3.8, 4) is 11.6 Å². The minimum Gasteiger partial charge on any atom is -0.439 e. The molecular formula is C15H17IN2O. The van der Waals surface area contributed by atoms with Crippen molar-refractivity contribution in [3.63, 3.8) is 0 Å². The monoisotopic (exact) mass is 368 g/mol. The summed E-state index contributed by atoms with van der Waals surface area (Å²) in [5.41, 5.74) is 7.77. The molecule has 0 saturated carbocycles. The number of aromatic nitrogens is 1. The summed E-state index contributed by atoms with van der Waals surface area (Å²) in [5, 5.41) is 0. The molecule has 0 atom stereocenters. The van der Waals surface area contributed by atoms with Gasteiger partial charge in [0.2, 0.25) is 5.88 Å². The molecule has 1 heterocycles. The van der Waals surface area contributed by atoms with Crippen molar-refractivity contribution in [1.29, 1.82) is 0 Å². The van der Waals surface area contributed by atoms with E-state index in [4.69, 9.17) is 10.5 Å². The number of nitrogens with zero attached hydrogens (tertiary/aromatic N) is 1. The minimum atomic E-state index is 0.352. The molecule has 0 bridgehead atoms. The van der Waals surface area contributed by atoms with Crippen LogP contribution < -0.4 is 10.5 Å². The molecule has 0 aliphatic rings. The van der Waals surface area contributed by atoms with E-state index >= 15 is 0 Å². The van der Waals surface area contributed by atoms with Crippen LogP contribution in [0, 0.1) is 3.57 Å². The first kappa shape index (κ1) is 14.3. The maximum atomic E-state index is 5.82. The van der Waals surface area contributed by atoms with Crippen molar-refractivity contribution in [1.82, 2.24) is 4.98 Å². The molecule has 19 heavy (non-hydrogen) atoms. The second-order valence-corrected chi connectivity index (χ2v) is 5.90. The Balaban J connectivity index is 2.31. The van der Waals surface area contributed by atoms with E-state index in [0.29, 0.717) is 18.3 Å².